The van der Waals surface area contributed by atoms with E-state index in [-0.39, 0.29) is 0 Å². The fourth-order valence-corrected chi connectivity index (χ4v) is 2.38. The quantitative estimate of drug-likeness (QED) is 0.432. The molecule has 2 heterocycles. The summed E-state index contributed by atoms with van der Waals surface area (Å²) in [4.78, 5) is 16.8. The number of halogens is 1. The van der Waals surface area contributed by atoms with Crippen molar-refractivity contribution in [2.45, 2.75) is 26.1 Å². The third-order valence-electron chi connectivity index (χ3n) is 3.76. The van der Waals surface area contributed by atoms with Gasteiger partial charge >= 0.3 is 0 Å². The molecule has 3 rings (SSSR count). The summed E-state index contributed by atoms with van der Waals surface area (Å²) < 4.78 is 6.26. The van der Waals surface area contributed by atoms with Gasteiger partial charge in [0.1, 0.15) is 11.9 Å². The Balaban J connectivity index is 1.68. The average Bonchev–Trinajstić information content (AvgIpc) is 2.66. The van der Waals surface area contributed by atoms with E-state index in [0.717, 1.165) is 11.4 Å². The number of nitrogen functional groups attached to an aromatic ring is 1. The van der Waals surface area contributed by atoms with Crippen LogP contribution in [0.3, 0.4) is 0 Å². The Kier molecular flexibility index (Phi) is 6.22. The van der Waals surface area contributed by atoms with Gasteiger partial charge in [0.2, 0.25) is 17.8 Å². The lowest BCUT2D eigenvalue weighted by atomic mass is 10.3. The smallest absolute Gasteiger partial charge is 0.233 e. The number of aromatic nitrogens is 4. The predicted octanol–water partition coefficient (Wildman–Crippen LogP) is 3.25. The van der Waals surface area contributed by atoms with E-state index < -0.39 is 12.2 Å². The van der Waals surface area contributed by atoms with Crippen molar-refractivity contribution < 1.29 is 9.84 Å². The summed E-state index contributed by atoms with van der Waals surface area (Å²) in [6.45, 7) is 3.42. The molecule has 0 spiro atoms. The minimum Gasteiger partial charge on any atom is -0.471 e. The van der Waals surface area contributed by atoms with Crippen LogP contribution in [0.25, 0.3) is 0 Å². The Morgan fingerprint density at radius 3 is 2.18 bits per heavy atom. The van der Waals surface area contributed by atoms with Crippen molar-refractivity contribution in [2.75, 3.05) is 16.4 Å². The molecule has 0 aliphatic heterocycles. The van der Waals surface area contributed by atoms with Gasteiger partial charge in [0, 0.05) is 17.6 Å². The number of rotatable bonds is 7. The van der Waals surface area contributed by atoms with Crippen molar-refractivity contribution in [3.63, 3.8) is 0 Å². The Morgan fingerprint density at radius 1 is 1.00 bits per heavy atom. The van der Waals surface area contributed by atoms with Gasteiger partial charge in [-0.2, -0.15) is 9.97 Å². The van der Waals surface area contributed by atoms with Crippen molar-refractivity contribution in [3.8, 4) is 5.88 Å². The minimum absolute atomic E-state index is 0.350. The van der Waals surface area contributed by atoms with Gasteiger partial charge in [0.25, 0.3) is 0 Å². The highest BCUT2D eigenvalue weighted by molar-refractivity contribution is 9.10. The zero-order chi connectivity index (χ0) is 20.1. The number of ether oxygens (including phenoxy) is 1. The van der Waals surface area contributed by atoms with Gasteiger partial charge in [0.05, 0.1) is 16.8 Å². The first-order chi connectivity index (χ1) is 13.4. The summed E-state index contributed by atoms with van der Waals surface area (Å²) in [7, 11) is 0. The number of anilines is 5. The zero-order valence-corrected chi connectivity index (χ0v) is 16.9. The lowest BCUT2D eigenvalue weighted by Crippen LogP contribution is -2.26. The standard InChI is InChI=1S/C18H20BrN7O2/c1-10(27)11(2)28-16-14(19)9-22-18(26-16)24-13-5-3-12(4-6-13)23-17-21-8-7-15(20)25-17/h3-11,27H,1-2H3,(H,22,24,26)(H3,20,21,23,25)/t10-,11-/m1/s1. The predicted molar refractivity (Wildman–Crippen MR) is 111 cm³/mol. The second-order valence-corrected chi connectivity index (χ2v) is 6.90. The Labute approximate surface area is 170 Å². The summed E-state index contributed by atoms with van der Waals surface area (Å²) in [6.07, 6.45) is 2.15. The number of nitrogens with two attached hydrogens (primary N) is 1. The van der Waals surface area contributed by atoms with E-state index in [1.807, 2.05) is 24.3 Å². The molecule has 3 aromatic rings. The summed E-state index contributed by atoms with van der Waals surface area (Å²) in [5, 5.41) is 15.8. The molecule has 0 aliphatic carbocycles. The summed E-state index contributed by atoms with van der Waals surface area (Å²) in [6, 6.07) is 9.07. The fraction of sp³-hybridized carbons (Fsp3) is 0.222. The molecule has 0 unspecified atom stereocenters. The molecule has 0 radical (unpaired) electrons. The highest BCUT2D eigenvalue weighted by Crippen LogP contribution is 2.26. The van der Waals surface area contributed by atoms with Crippen molar-refractivity contribution in [3.05, 3.63) is 47.2 Å². The van der Waals surface area contributed by atoms with E-state index in [2.05, 4.69) is 46.5 Å². The first-order valence-electron chi connectivity index (χ1n) is 8.50. The van der Waals surface area contributed by atoms with Crippen molar-refractivity contribution >= 4 is 45.0 Å². The van der Waals surface area contributed by atoms with Crippen LogP contribution in [0.1, 0.15) is 13.8 Å². The number of hydrogen-bond donors (Lipinski definition) is 4. The van der Waals surface area contributed by atoms with Gasteiger partial charge < -0.3 is 26.2 Å². The maximum atomic E-state index is 9.60. The molecule has 0 saturated carbocycles. The molecule has 2 aromatic heterocycles. The minimum atomic E-state index is -0.623. The third kappa shape index (κ3) is 5.27. The maximum absolute atomic E-state index is 9.60. The van der Waals surface area contributed by atoms with Gasteiger partial charge in [-0.25, -0.2) is 9.97 Å². The molecule has 0 bridgehead atoms. The first-order valence-corrected chi connectivity index (χ1v) is 9.30. The van der Waals surface area contributed by atoms with E-state index in [1.54, 1.807) is 32.3 Å². The van der Waals surface area contributed by atoms with Crippen LogP contribution in [-0.2, 0) is 0 Å². The second kappa shape index (κ2) is 8.81. The van der Waals surface area contributed by atoms with Gasteiger partial charge in [0.15, 0.2) is 0 Å². The lowest BCUT2D eigenvalue weighted by Gasteiger charge is -2.17. The number of aliphatic hydroxyl groups is 1. The Morgan fingerprint density at radius 2 is 1.61 bits per heavy atom. The van der Waals surface area contributed by atoms with Crippen LogP contribution in [0.15, 0.2) is 47.2 Å². The molecule has 2 atom stereocenters. The monoisotopic (exact) mass is 445 g/mol. The Bertz CT molecular complexity index is 937. The molecule has 5 N–H and O–H groups in total. The van der Waals surface area contributed by atoms with E-state index in [0.29, 0.717) is 28.1 Å². The average molecular weight is 446 g/mol. The normalized spacial score (nSPS) is 12.9. The van der Waals surface area contributed by atoms with Crippen molar-refractivity contribution in [2.24, 2.45) is 0 Å². The molecule has 28 heavy (non-hydrogen) atoms. The van der Waals surface area contributed by atoms with Crippen LogP contribution in [0.2, 0.25) is 0 Å². The molecule has 10 heteroatoms. The number of aliphatic hydroxyl groups excluding tert-OH is 1. The molecule has 9 nitrogen and oxygen atoms in total. The SMILES string of the molecule is C[C@@H](O)[C@@H](C)Oc1nc(Nc2ccc(Nc3nccc(N)n3)cc2)ncc1Br. The van der Waals surface area contributed by atoms with E-state index in [4.69, 9.17) is 10.5 Å². The van der Waals surface area contributed by atoms with E-state index >= 15 is 0 Å². The van der Waals surface area contributed by atoms with Crippen LogP contribution in [0.4, 0.5) is 29.1 Å². The van der Waals surface area contributed by atoms with Gasteiger partial charge in [-0.05, 0) is 60.1 Å². The van der Waals surface area contributed by atoms with Gasteiger partial charge in [-0.3, -0.25) is 0 Å². The van der Waals surface area contributed by atoms with Crippen LogP contribution < -0.4 is 21.1 Å². The van der Waals surface area contributed by atoms with Crippen LogP contribution in [0, 0.1) is 0 Å². The molecular formula is C18H20BrN7O2. The topological polar surface area (TPSA) is 131 Å². The maximum Gasteiger partial charge on any atom is 0.233 e. The number of benzene rings is 1. The van der Waals surface area contributed by atoms with Crippen LogP contribution >= 0.6 is 15.9 Å². The lowest BCUT2D eigenvalue weighted by molar-refractivity contribution is 0.0569. The zero-order valence-electron chi connectivity index (χ0n) is 15.3. The van der Waals surface area contributed by atoms with Gasteiger partial charge in [-0.1, -0.05) is 0 Å². The summed E-state index contributed by atoms with van der Waals surface area (Å²) in [5.41, 5.74) is 7.25. The highest BCUT2D eigenvalue weighted by Gasteiger charge is 2.14. The molecule has 0 amide bonds. The Hall–Kier alpha value is -2.98. The van der Waals surface area contributed by atoms with Crippen LogP contribution in [-0.4, -0.2) is 37.3 Å². The summed E-state index contributed by atoms with van der Waals surface area (Å²) >= 11 is 3.35. The van der Waals surface area contributed by atoms with Crippen molar-refractivity contribution in [1.82, 2.24) is 19.9 Å². The molecule has 0 aliphatic rings. The molecule has 0 saturated heterocycles. The van der Waals surface area contributed by atoms with Crippen LogP contribution in [0.5, 0.6) is 5.88 Å². The highest BCUT2D eigenvalue weighted by atomic mass is 79.9. The third-order valence-corrected chi connectivity index (χ3v) is 4.31. The van der Waals surface area contributed by atoms with E-state index in [1.165, 1.54) is 0 Å². The molecular weight excluding hydrogens is 426 g/mol. The molecule has 146 valence electrons. The molecule has 0 fully saturated rings. The number of hydrogen-bond acceptors (Lipinski definition) is 9. The largest absolute Gasteiger partial charge is 0.471 e. The number of nitrogens with one attached hydrogen (secondary N) is 2. The van der Waals surface area contributed by atoms with E-state index in [9.17, 15) is 5.11 Å². The van der Waals surface area contributed by atoms with Crippen molar-refractivity contribution in [1.29, 1.82) is 0 Å². The molecule has 1 aromatic carbocycles. The first kappa shape index (κ1) is 19.8. The summed E-state index contributed by atoms with van der Waals surface area (Å²) in [5.74, 6) is 1.54. The second-order valence-electron chi connectivity index (χ2n) is 6.04. The fourth-order valence-electron chi connectivity index (χ4n) is 2.10. The van der Waals surface area contributed by atoms with Gasteiger partial charge in [-0.15, -0.1) is 0 Å². The number of nitrogens with zero attached hydrogens (tertiary/aromatic N) is 4.